The third kappa shape index (κ3) is 4.95. The first-order valence-corrected chi connectivity index (χ1v) is 12.4. The Kier molecular flexibility index (Phi) is 6.59. The number of thiophene rings is 1. The second-order valence-electron chi connectivity index (χ2n) is 8.33. The van der Waals surface area contributed by atoms with E-state index >= 15 is 0 Å². The van der Waals surface area contributed by atoms with E-state index in [0.717, 1.165) is 45.9 Å². The number of carbonyl (C=O) groups excluding carboxylic acids is 2. The van der Waals surface area contributed by atoms with Crippen LogP contribution in [0, 0.1) is 0 Å². The molecule has 0 spiro atoms. The third-order valence-electron chi connectivity index (χ3n) is 5.93. The van der Waals surface area contributed by atoms with Gasteiger partial charge >= 0.3 is 5.97 Å². The third-order valence-corrected chi connectivity index (χ3v) is 6.81. The summed E-state index contributed by atoms with van der Waals surface area (Å²) in [7, 11) is 0. The van der Waals surface area contributed by atoms with Crippen molar-refractivity contribution in [1.82, 2.24) is 9.78 Å². The predicted molar refractivity (Wildman–Crippen MR) is 139 cm³/mol. The Hall–Kier alpha value is -3.97. The minimum atomic E-state index is -0.887. The topological polar surface area (TPSA) is 64.4 Å². The number of nitrogens with zero attached hydrogens (tertiary/aromatic N) is 3. The number of carbonyl (C=O) groups is 2. The molecule has 6 nitrogen and oxygen atoms in total. The van der Waals surface area contributed by atoms with Crippen molar-refractivity contribution in [2.45, 2.75) is 25.9 Å². The largest absolute Gasteiger partial charge is 0.449 e. The fourth-order valence-corrected chi connectivity index (χ4v) is 4.96. The molecule has 35 heavy (non-hydrogen) atoms. The van der Waals surface area contributed by atoms with Gasteiger partial charge in [0.05, 0.1) is 10.6 Å². The second-order valence-corrected chi connectivity index (χ2v) is 9.27. The molecule has 4 aromatic rings. The molecule has 1 atom stereocenters. The average Bonchev–Trinajstić information content (AvgIpc) is 3.57. The van der Waals surface area contributed by atoms with E-state index in [-0.39, 0.29) is 5.91 Å². The number of esters is 1. The Labute approximate surface area is 208 Å². The first kappa shape index (κ1) is 22.8. The molecule has 176 valence electrons. The van der Waals surface area contributed by atoms with Crippen LogP contribution < -0.4 is 4.90 Å². The van der Waals surface area contributed by atoms with Crippen molar-refractivity contribution in [3.8, 4) is 16.3 Å². The minimum absolute atomic E-state index is 0.213. The van der Waals surface area contributed by atoms with E-state index in [1.54, 1.807) is 33.9 Å². The predicted octanol–water partition coefficient (Wildman–Crippen LogP) is 5.53. The zero-order valence-corrected chi connectivity index (χ0v) is 20.2. The molecule has 0 saturated heterocycles. The zero-order valence-electron chi connectivity index (χ0n) is 19.3. The molecule has 0 aliphatic carbocycles. The highest BCUT2D eigenvalue weighted by atomic mass is 32.1. The van der Waals surface area contributed by atoms with Crippen LogP contribution in [0.15, 0.2) is 84.4 Å². The number of hydrogen-bond acceptors (Lipinski definition) is 5. The summed E-state index contributed by atoms with van der Waals surface area (Å²) in [5.74, 6) is -0.782. The number of aryl methyl sites for hydroxylation is 1. The van der Waals surface area contributed by atoms with Crippen LogP contribution in [0.4, 0.5) is 5.69 Å². The molecule has 7 heteroatoms. The number of fused-ring (bicyclic) bond motifs is 1. The number of para-hydroxylation sites is 2. The summed E-state index contributed by atoms with van der Waals surface area (Å²) in [6.07, 6.45) is 5.88. The van der Waals surface area contributed by atoms with Crippen LogP contribution in [-0.4, -0.2) is 34.3 Å². The highest BCUT2D eigenvalue weighted by Crippen LogP contribution is 2.29. The number of ether oxygens (including phenoxy) is 1. The van der Waals surface area contributed by atoms with E-state index < -0.39 is 12.1 Å². The first-order valence-electron chi connectivity index (χ1n) is 11.6. The Morgan fingerprint density at radius 3 is 2.66 bits per heavy atom. The summed E-state index contributed by atoms with van der Waals surface area (Å²) in [4.78, 5) is 28.4. The van der Waals surface area contributed by atoms with Crippen LogP contribution in [0.25, 0.3) is 22.3 Å². The van der Waals surface area contributed by atoms with Crippen molar-refractivity contribution >= 4 is 35.0 Å². The van der Waals surface area contributed by atoms with Gasteiger partial charge in [-0.05, 0) is 61.1 Å². The van der Waals surface area contributed by atoms with Gasteiger partial charge in [-0.1, -0.05) is 42.5 Å². The van der Waals surface area contributed by atoms with Crippen LogP contribution in [0.2, 0.25) is 0 Å². The van der Waals surface area contributed by atoms with Crippen LogP contribution in [0.1, 0.15) is 24.5 Å². The van der Waals surface area contributed by atoms with E-state index in [9.17, 15) is 9.59 Å². The number of benzene rings is 2. The second kappa shape index (κ2) is 10.1. The number of aromatic nitrogens is 2. The molecule has 0 saturated carbocycles. The van der Waals surface area contributed by atoms with Crippen molar-refractivity contribution < 1.29 is 14.3 Å². The number of anilines is 1. The maximum Gasteiger partial charge on any atom is 0.331 e. The summed E-state index contributed by atoms with van der Waals surface area (Å²) < 4.78 is 7.27. The Balaban J connectivity index is 1.32. The summed E-state index contributed by atoms with van der Waals surface area (Å²) in [5.41, 5.74) is 4.53. The molecule has 0 fully saturated rings. The summed E-state index contributed by atoms with van der Waals surface area (Å²) >= 11 is 1.58. The van der Waals surface area contributed by atoms with Gasteiger partial charge in [0.2, 0.25) is 0 Å². The zero-order chi connectivity index (χ0) is 24.2. The number of rotatable bonds is 6. The van der Waals surface area contributed by atoms with Crippen molar-refractivity contribution in [2.75, 3.05) is 11.4 Å². The summed E-state index contributed by atoms with van der Waals surface area (Å²) in [5, 5.41) is 6.73. The van der Waals surface area contributed by atoms with Gasteiger partial charge in [-0.25, -0.2) is 9.48 Å². The lowest BCUT2D eigenvalue weighted by molar-refractivity contribution is -0.149. The molecule has 1 amide bonds. The number of amides is 1. The van der Waals surface area contributed by atoms with E-state index in [2.05, 4.69) is 0 Å². The van der Waals surface area contributed by atoms with E-state index in [1.807, 2.05) is 78.3 Å². The van der Waals surface area contributed by atoms with Gasteiger partial charge in [-0.3, -0.25) is 4.79 Å². The van der Waals surface area contributed by atoms with Gasteiger partial charge in [0, 0.05) is 30.1 Å². The van der Waals surface area contributed by atoms with Gasteiger partial charge in [0.15, 0.2) is 6.10 Å². The maximum absolute atomic E-state index is 13.1. The van der Waals surface area contributed by atoms with Crippen LogP contribution in [0.3, 0.4) is 0 Å². The molecular formula is C28H25N3O3S. The standard InChI is InChI=1S/C28H25N3O3S/c1-20(28(33)30-17-7-10-21-9-5-6-13-24(21)30)34-26(32)16-15-22-19-31(23-11-3-2-4-12-23)29-27(22)25-14-8-18-35-25/h2-6,8-9,11-16,18-20H,7,10,17H2,1H3. The van der Waals surface area contributed by atoms with Gasteiger partial charge < -0.3 is 9.64 Å². The van der Waals surface area contributed by atoms with E-state index in [4.69, 9.17) is 9.84 Å². The van der Waals surface area contributed by atoms with Gasteiger partial charge in [0.1, 0.15) is 5.69 Å². The molecule has 3 heterocycles. The quantitative estimate of drug-likeness (QED) is 0.267. The van der Waals surface area contributed by atoms with E-state index in [1.165, 1.54) is 6.08 Å². The number of hydrogen-bond donors (Lipinski definition) is 0. The Morgan fingerprint density at radius 2 is 1.86 bits per heavy atom. The van der Waals surface area contributed by atoms with Crippen molar-refractivity contribution in [3.63, 3.8) is 0 Å². The minimum Gasteiger partial charge on any atom is -0.449 e. The van der Waals surface area contributed by atoms with Gasteiger partial charge in [-0.15, -0.1) is 11.3 Å². The summed E-state index contributed by atoms with van der Waals surface area (Å²) in [6, 6.07) is 21.6. The van der Waals surface area contributed by atoms with Gasteiger partial charge in [-0.2, -0.15) is 5.10 Å². The van der Waals surface area contributed by atoms with Crippen molar-refractivity contribution in [2.24, 2.45) is 0 Å². The molecule has 2 aromatic heterocycles. The average molecular weight is 484 g/mol. The molecule has 0 bridgehead atoms. The molecule has 1 unspecified atom stereocenters. The fourth-order valence-electron chi connectivity index (χ4n) is 4.23. The Morgan fingerprint density at radius 1 is 1.06 bits per heavy atom. The molecule has 5 rings (SSSR count). The van der Waals surface area contributed by atoms with Crippen molar-refractivity contribution in [1.29, 1.82) is 0 Å². The van der Waals surface area contributed by atoms with Crippen molar-refractivity contribution in [3.05, 3.63) is 95.5 Å². The fraction of sp³-hybridized carbons (Fsp3) is 0.179. The van der Waals surface area contributed by atoms with Crippen LogP contribution in [0.5, 0.6) is 0 Å². The molecule has 2 aromatic carbocycles. The molecule has 1 aliphatic heterocycles. The molecular weight excluding hydrogens is 458 g/mol. The molecule has 0 N–H and O–H groups in total. The van der Waals surface area contributed by atoms with E-state index in [0.29, 0.717) is 6.54 Å². The van der Waals surface area contributed by atoms with Gasteiger partial charge in [0.25, 0.3) is 5.91 Å². The van der Waals surface area contributed by atoms with Crippen LogP contribution >= 0.6 is 11.3 Å². The smallest absolute Gasteiger partial charge is 0.331 e. The summed E-state index contributed by atoms with van der Waals surface area (Å²) in [6.45, 7) is 2.24. The normalized spacial score (nSPS) is 14.0. The lowest BCUT2D eigenvalue weighted by Gasteiger charge is -2.31. The Bertz CT molecular complexity index is 1360. The first-order chi connectivity index (χ1) is 17.1. The lowest BCUT2D eigenvalue weighted by atomic mass is 10.0. The maximum atomic E-state index is 13.1. The molecule has 1 aliphatic rings. The SMILES string of the molecule is CC(OC(=O)C=Cc1cn(-c2ccccc2)nc1-c1cccs1)C(=O)N1CCCc2ccccc21. The highest BCUT2D eigenvalue weighted by Gasteiger charge is 2.28. The monoisotopic (exact) mass is 483 g/mol. The lowest BCUT2D eigenvalue weighted by Crippen LogP contribution is -2.42. The molecule has 0 radical (unpaired) electrons. The highest BCUT2D eigenvalue weighted by molar-refractivity contribution is 7.13. The van der Waals surface area contributed by atoms with Crippen LogP contribution in [-0.2, 0) is 20.7 Å².